The molecule has 0 amide bonds. The normalized spacial score (nSPS) is 37.7. The molecule has 4 N–H and O–H groups in total. The van der Waals surface area contributed by atoms with Gasteiger partial charge in [0.25, 0.3) is 6.47 Å². The number of carbonyl (C=O) groups excluding carboxylic acids is 2. The molecule has 0 aromatic rings. The second kappa shape index (κ2) is 18.1. The van der Waals surface area contributed by atoms with Gasteiger partial charge in [0.2, 0.25) is 0 Å². The Morgan fingerprint density at radius 1 is 1.26 bits per heavy atom. The maximum absolute atomic E-state index is 12.8. The summed E-state index contributed by atoms with van der Waals surface area (Å²) >= 11 is 0. The summed E-state index contributed by atoms with van der Waals surface area (Å²) in [5.74, 6) is -1.10. The second-order valence-electron chi connectivity index (χ2n) is 12.9. The molecular formula is C34H55NO11. The number of rotatable bonds is 9. The summed E-state index contributed by atoms with van der Waals surface area (Å²) in [5, 5.41) is 32.0. The van der Waals surface area contributed by atoms with Crippen LogP contribution in [0.1, 0.15) is 74.1 Å². The molecule has 0 spiro atoms. The van der Waals surface area contributed by atoms with E-state index in [1.807, 2.05) is 39.0 Å². The predicted molar refractivity (Wildman–Crippen MR) is 171 cm³/mol. The van der Waals surface area contributed by atoms with E-state index in [0.29, 0.717) is 6.61 Å². The van der Waals surface area contributed by atoms with Crippen LogP contribution < -0.4 is 5.32 Å². The van der Waals surface area contributed by atoms with E-state index in [4.69, 9.17) is 33.6 Å². The molecule has 11 atom stereocenters. The topological polar surface area (TPSA) is 173 Å². The Morgan fingerprint density at radius 3 is 2.54 bits per heavy atom. The van der Waals surface area contributed by atoms with Gasteiger partial charge in [0.15, 0.2) is 0 Å². The van der Waals surface area contributed by atoms with E-state index in [9.17, 15) is 19.8 Å². The highest BCUT2D eigenvalue weighted by Gasteiger charge is 2.55. The van der Waals surface area contributed by atoms with Gasteiger partial charge in [-0.25, -0.2) is 0 Å². The molecule has 0 bridgehead atoms. The molecule has 46 heavy (non-hydrogen) atoms. The number of aliphatic hydroxyl groups is 2. The molecule has 2 fully saturated rings. The van der Waals surface area contributed by atoms with Crippen molar-refractivity contribution in [3.63, 3.8) is 0 Å². The highest BCUT2D eigenvalue weighted by Crippen LogP contribution is 2.40. The number of hydrogen-bond acceptors (Lipinski definition) is 11. The Kier molecular flexibility index (Phi) is 15.5. The zero-order chi connectivity index (χ0) is 34.7. The number of aliphatic hydroxyl groups excluding tert-OH is 1. The molecule has 2 saturated heterocycles. The third-order valence-electron chi connectivity index (χ3n) is 9.05. The number of nitrogens with one attached hydrogen (secondary N) is 1. The summed E-state index contributed by atoms with van der Waals surface area (Å²) in [6.45, 7) is 14.0. The number of cyclic esters (lactones) is 1. The van der Waals surface area contributed by atoms with Crippen molar-refractivity contribution in [1.82, 2.24) is 5.32 Å². The van der Waals surface area contributed by atoms with Gasteiger partial charge in [-0.15, -0.1) is 0 Å². The van der Waals surface area contributed by atoms with Crippen LogP contribution in [0.3, 0.4) is 0 Å². The lowest BCUT2D eigenvalue weighted by molar-refractivity contribution is -0.157. The monoisotopic (exact) mass is 653 g/mol. The van der Waals surface area contributed by atoms with Crippen molar-refractivity contribution in [2.75, 3.05) is 20.3 Å². The zero-order valence-corrected chi connectivity index (χ0v) is 28.5. The van der Waals surface area contributed by atoms with Crippen LogP contribution in [0.4, 0.5) is 0 Å². The Balaban J connectivity index is 0.00000236. The van der Waals surface area contributed by atoms with Crippen LogP contribution >= 0.6 is 0 Å². The molecule has 12 nitrogen and oxygen atoms in total. The number of carbonyl (C=O) groups is 3. The minimum Gasteiger partial charge on any atom is -0.483 e. The quantitative estimate of drug-likeness (QED) is 0.0943. The molecule has 0 aromatic heterocycles. The average molecular weight is 654 g/mol. The van der Waals surface area contributed by atoms with Crippen molar-refractivity contribution in [2.45, 2.75) is 128 Å². The molecular weight excluding hydrogens is 598 g/mol. The fourth-order valence-electron chi connectivity index (χ4n) is 6.28. The smallest absolute Gasteiger partial charge is 0.309 e. The summed E-state index contributed by atoms with van der Waals surface area (Å²) in [6, 6.07) is -0.0402. The molecule has 262 valence electrons. The highest BCUT2D eigenvalue weighted by atomic mass is 16.6. The van der Waals surface area contributed by atoms with Crippen LogP contribution in [-0.2, 0) is 38.1 Å². The van der Waals surface area contributed by atoms with Crippen molar-refractivity contribution >= 4 is 18.4 Å². The minimum atomic E-state index is -1.42. The van der Waals surface area contributed by atoms with Gasteiger partial charge in [0.1, 0.15) is 29.5 Å². The van der Waals surface area contributed by atoms with Crippen molar-refractivity contribution in [2.24, 2.45) is 11.8 Å². The zero-order valence-electron chi connectivity index (χ0n) is 28.5. The molecule has 2 unspecified atom stereocenters. The summed E-state index contributed by atoms with van der Waals surface area (Å²) in [5.41, 5.74) is -1.25. The number of methoxy groups -OCH3 is 1. The molecule has 0 aromatic carbocycles. The SMILES string of the molecule is CC[C@H](OC)[C@@H](C)[C@H]1O[C@@H]1C1NCCOC1(C)/C=C/C=C(\C)[C@@H]1OC(=O)C[C@H](O)CC[C@@](C)(O)[C@@H](OC(C)=O)/C=C/[C@@H]1C.O=CO. The van der Waals surface area contributed by atoms with Crippen LogP contribution in [0.15, 0.2) is 36.0 Å². The van der Waals surface area contributed by atoms with Gasteiger partial charge in [0, 0.05) is 32.4 Å². The Morgan fingerprint density at radius 2 is 1.93 bits per heavy atom. The van der Waals surface area contributed by atoms with Crippen molar-refractivity contribution in [3.05, 3.63) is 36.0 Å². The van der Waals surface area contributed by atoms with Crippen LogP contribution in [0.25, 0.3) is 0 Å². The molecule has 3 rings (SSSR count). The van der Waals surface area contributed by atoms with Crippen LogP contribution in [0, 0.1) is 11.8 Å². The Labute approximate surface area is 273 Å². The predicted octanol–water partition coefficient (Wildman–Crippen LogP) is 3.10. The van der Waals surface area contributed by atoms with E-state index in [-0.39, 0.29) is 61.9 Å². The number of carboxylic acid groups (broad SMARTS) is 1. The summed E-state index contributed by atoms with van der Waals surface area (Å²) < 4.78 is 29.4. The molecule has 12 heteroatoms. The Bertz CT molecular complexity index is 1080. The van der Waals surface area contributed by atoms with Crippen LogP contribution in [0.5, 0.6) is 0 Å². The fourth-order valence-corrected chi connectivity index (χ4v) is 6.28. The van der Waals surface area contributed by atoms with Crippen molar-refractivity contribution in [1.29, 1.82) is 0 Å². The van der Waals surface area contributed by atoms with E-state index < -0.39 is 41.5 Å². The molecule has 0 aliphatic carbocycles. The summed E-state index contributed by atoms with van der Waals surface area (Å²) in [6.07, 6.45) is 7.93. The minimum absolute atomic E-state index is 0.00505. The Hall–Kier alpha value is -2.61. The number of epoxide rings is 1. The van der Waals surface area contributed by atoms with Gasteiger partial charge < -0.3 is 44.3 Å². The first kappa shape index (κ1) is 39.6. The molecule has 3 heterocycles. The van der Waals surface area contributed by atoms with Gasteiger partial charge in [-0.05, 0) is 51.7 Å². The molecule has 0 radical (unpaired) electrons. The third-order valence-corrected chi connectivity index (χ3v) is 9.05. The lowest BCUT2D eigenvalue weighted by atomic mass is 9.86. The largest absolute Gasteiger partial charge is 0.483 e. The first-order valence-electron chi connectivity index (χ1n) is 16.1. The van der Waals surface area contributed by atoms with E-state index in [1.165, 1.54) is 6.92 Å². The number of hydrogen-bond donors (Lipinski definition) is 4. The first-order chi connectivity index (χ1) is 21.6. The van der Waals surface area contributed by atoms with Gasteiger partial charge in [-0.2, -0.15) is 0 Å². The second-order valence-corrected chi connectivity index (χ2v) is 12.9. The average Bonchev–Trinajstić information content (AvgIpc) is 3.78. The third kappa shape index (κ3) is 11.3. The van der Waals surface area contributed by atoms with Crippen LogP contribution in [0.2, 0.25) is 0 Å². The fraction of sp³-hybridized carbons (Fsp3) is 0.735. The molecule has 3 aliphatic heterocycles. The van der Waals surface area contributed by atoms with Crippen molar-refractivity contribution in [3.8, 4) is 0 Å². The summed E-state index contributed by atoms with van der Waals surface area (Å²) in [4.78, 5) is 32.9. The number of allylic oxidation sites excluding steroid dienone is 2. The van der Waals surface area contributed by atoms with Gasteiger partial charge in [0.05, 0.1) is 37.4 Å². The molecule has 3 aliphatic rings. The number of morpholine rings is 1. The maximum atomic E-state index is 12.8. The highest BCUT2D eigenvalue weighted by molar-refractivity contribution is 5.70. The lowest BCUT2D eigenvalue weighted by Crippen LogP contribution is -2.58. The molecule has 0 saturated carbocycles. The van der Waals surface area contributed by atoms with E-state index in [1.54, 1.807) is 26.2 Å². The van der Waals surface area contributed by atoms with Gasteiger partial charge in [-0.1, -0.05) is 45.1 Å². The maximum Gasteiger partial charge on any atom is 0.309 e. The van der Waals surface area contributed by atoms with E-state index >= 15 is 0 Å². The number of ether oxygens (including phenoxy) is 5. The number of esters is 2. The van der Waals surface area contributed by atoms with Gasteiger partial charge >= 0.3 is 11.9 Å². The van der Waals surface area contributed by atoms with E-state index in [0.717, 1.165) is 18.5 Å². The van der Waals surface area contributed by atoms with Crippen LogP contribution in [-0.4, -0.2) is 108 Å². The first-order valence-corrected chi connectivity index (χ1v) is 16.1. The summed E-state index contributed by atoms with van der Waals surface area (Å²) in [7, 11) is 1.74. The standard InChI is InChI=1S/C33H53NO9.CH2O2/c1-9-25(39-8)22(4)29-30(43-29)31-33(7,40-18-17-34-31)15-10-11-20(2)28-21(3)12-13-26(41-23(5)35)32(6,38)16-14-24(36)19-27(37)42-28;2-1-3/h10-13,15,21-22,24-26,28-31,34,36,38H,9,14,16-19H2,1-8H3;1H,(H,2,3)/b13-12+,15-10+,20-11+;/t21-,22+,24+,25-,26-,28-,29+,30-,31?,32+,33?;/m0./s1. The van der Waals surface area contributed by atoms with E-state index in [2.05, 4.69) is 19.2 Å². The lowest BCUT2D eigenvalue weighted by Gasteiger charge is -2.39. The van der Waals surface area contributed by atoms with Crippen molar-refractivity contribution < 1.29 is 53.4 Å². The van der Waals surface area contributed by atoms with Gasteiger partial charge in [-0.3, -0.25) is 14.4 Å².